The summed E-state index contributed by atoms with van der Waals surface area (Å²) in [6.07, 6.45) is 1.17. The maximum absolute atomic E-state index is 11.1. The molecule has 2 N–H and O–H groups in total. The summed E-state index contributed by atoms with van der Waals surface area (Å²) in [5, 5.41) is 22.1. The van der Waals surface area contributed by atoms with E-state index >= 15 is 0 Å². The predicted octanol–water partition coefficient (Wildman–Crippen LogP) is -0.689. The number of carboxylic acids is 1. The molecular formula is C11H17N3O4. The number of aliphatic hydroxyl groups excluding tert-OH is 1. The molecule has 1 saturated heterocycles. The number of nitrogens with zero attached hydrogens (tertiary/aromatic N) is 3. The standard InChI is InChI=1S/C11H17N3O4/c1-13-10(9(4-12-13)11(16)17)6-14-2-3-18-8(5-14)7-15/h4,8,15H,2-3,5-7H2,1H3,(H,16,17). The Morgan fingerprint density at radius 2 is 2.44 bits per heavy atom. The summed E-state index contributed by atoms with van der Waals surface area (Å²) in [4.78, 5) is 13.1. The maximum Gasteiger partial charge on any atom is 0.339 e. The molecule has 0 saturated carbocycles. The van der Waals surface area contributed by atoms with Crippen molar-refractivity contribution in [2.45, 2.75) is 12.6 Å². The third-order valence-corrected chi connectivity index (χ3v) is 3.09. The zero-order valence-electron chi connectivity index (χ0n) is 10.2. The van der Waals surface area contributed by atoms with Gasteiger partial charge in [0.1, 0.15) is 5.56 Å². The second-order valence-corrected chi connectivity index (χ2v) is 4.34. The Labute approximate surface area is 105 Å². The molecule has 2 heterocycles. The van der Waals surface area contributed by atoms with E-state index in [2.05, 4.69) is 10.00 Å². The van der Waals surface area contributed by atoms with Crippen molar-refractivity contribution in [3.05, 3.63) is 17.5 Å². The number of aryl methyl sites for hydroxylation is 1. The first kappa shape index (κ1) is 13.0. The Kier molecular flexibility index (Phi) is 3.95. The van der Waals surface area contributed by atoms with Crippen LogP contribution in [0.3, 0.4) is 0 Å². The molecule has 0 amide bonds. The van der Waals surface area contributed by atoms with E-state index in [9.17, 15) is 4.79 Å². The molecule has 1 aromatic heterocycles. The van der Waals surface area contributed by atoms with E-state index in [0.29, 0.717) is 25.4 Å². The molecule has 7 heteroatoms. The third-order valence-electron chi connectivity index (χ3n) is 3.09. The van der Waals surface area contributed by atoms with Gasteiger partial charge in [-0.05, 0) is 0 Å². The van der Waals surface area contributed by atoms with Gasteiger partial charge >= 0.3 is 5.97 Å². The second kappa shape index (κ2) is 5.47. The lowest BCUT2D eigenvalue weighted by atomic mass is 10.2. The monoisotopic (exact) mass is 255 g/mol. The van der Waals surface area contributed by atoms with Crippen LogP contribution in [0.4, 0.5) is 0 Å². The van der Waals surface area contributed by atoms with Crippen LogP contribution in [-0.4, -0.2) is 63.3 Å². The topological polar surface area (TPSA) is 87.8 Å². The number of aromatic nitrogens is 2. The van der Waals surface area contributed by atoms with Gasteiger partial charge in [-0.1, -0.05) is 0 Å². The van der Waals surface area contributed by atoms with Crippen LogP contribution in [0.2, 0.25) is 0 Å². The lowest BCUT2D eigenvalue weighted by Crippen LogP contribution is -2.43. The highest BCUT2D eigenvalue weighted by atomic mass is 16.5. The first-order valence-corrected chi connectivity index (χ1v) is 5.80. The van der Waals surface area contributed by atoms with Crippen LogP contribution in [0.25, 0.3) is 0 Å². The highest BCUT2D eigenvalue weighted by molar-refractivity contribution is 5.88. The molecule has 1 fully saturated rings. The highest BCUT2D eigenvalue weighted by Crippen LogP contribution is 2.13. The van der Waals surface area contributed by atoms with Gasteiger partial charge in [0.2, 0.25) is 0 Å². The molecule has 0 aromatic carbocycles. The van der Waals surface area contributed by atoms with E-state index < -0.39 is 5.97 Å². The Hall–Kier alpha value is -1.44. The summed E-state index contributed by atoms with van der Waals surface area (Å²) in [6.45, 7) is 2.35. The average Bonchev–Trinajstić information content (AvgIpc) is 2.71. The number of carboxylic acid groups (broad SMARTS) is 1. The van der Waals surface area contributed by atoms with Gasteiger partial charge in [-0.25, -0.2) is 4.79 Å². The van der Waals surface area contributed by atoms with Crippen molar-refractivity contribution in [3.8, 4) is 0 Å². The first-order valence-electron chi connectivity index (χ1n) is 5.80. The van der Waals surface area contributed by atoms with Crippen LogP contribution in [0.1, 0.15) is 16.1 Å². The van der Waals surface area contributed by atoms with Gasteiger partial charge in [-0.2, -0.15) is 5.10 Å². The van der Waals surface area contributed by atoms with Crippen LogP contribution in [0.5, 0.6) is 0 Å². The molecule has 0 bridgehead atoms. The minimum absolute atomic E-state index is 0.0202. The van der Waals surface area contributed by atoms with Crippen molar-refractivity contribution < 1.29 is 19.7 Å². The summed E-state index contributed by atoms with van der Waals surface area (Å²) < 4.78 is 6.93. The second-order valence-electron chi connectivity index (χ2n) is 4.34. The van der Waals surface area contributed by atoms with E-state index in [1.54, 1.807) is 11.7 Å². The largest absolute Gasteiger partial charge is 0.478 e. The molecule has 0 aliphatic carbocycles. The minimum Gasteiger partial charge on any atom is -0.478 e. The number of carbonyl (C=O) groups is 1. The van der Waals surface area contributed by atoms with Crippen LogP contribution in [-0.2, 0) is 18.3 Å². The van der Waals surface area contributed by atoms with Crippen molar-refractivity contribution in [2.75, 3.05) is 26.3 Å². The third kappa shape index (κ3) is 2.69. The quantitative estimate of drug-likeness (QED) is 0.740. The fourth-order valence-electron chi connectivity index (χ4n) is 2.08. The first-order chi connectivity index (χ1) is 8.61. The predicted molar refractivity (Wildman–Crippen MR) is 62.3 cm³/mol. The summed E-state index contributed by atoms with van der Waals surface area (Å²) in [5.74, 6) is -0.968. The van der Waals surface area contributed by atoms with Gasteiger partial charge in [-0.3, -0.25) is 9.58 Å². The molecule has 2 rings (SSSR count). The maximum atomic E-state index is 11.1. The summed E-state index contributed by atoms with van der Waals surface area (Å²) in [6, 6.07) is 0. The summed E-state index contributed by atoms with van der Waals surface area (Å²) >= 11 is 0. The van der Waals surface area contributed by atoms with E-state index in [0.717, 1.165) is 6.54 Å². The van der Waals surface area contributed by atoms with Gasteiger partial charge in [0, 0.05) is 26.7 Å². The van der Waals surface area contributed by atoms with Gasteiger partial charge in [0.15, 0.2) is 0 Å². The fourth-order valence-corrected chi connectivity index (χ4v) is 2.08. The van der Waals surface area contributed by atoms with Crippen molar-refractivity contribution >= 4 is 5.97 Å². The summed E-state index contributed by atoms with van der Waals surface area (Å²) in [5.41, 5.74) is 0.894. The van der Waals surface area contributed by atoms with Gasteiger partial charge < -0.3 is 14.9 Å². The number of hydrogen-bond acceptors (Lipinski definition) is 5. The van der Waals surface area contributed by atoms with E-state index in [-0.39, 0.29) is 18.3 Å². The lowest BCUT2D eigenvalue weighted by molar-refractivity contribution is -0.0556. The van der Waals surface area contributed by atoms with E-state index in [4.69, 9.17) is 14.9 Å². The van der Waals surface area contributed by atoms with E-state index in [1.165, 1.54) is 6.20 Å². The molecule has 1 aliphatic rings. The van der Waals surface area contributed by atoms with Gasteiger partial charge in [0.05, 0.1) is 31.2 Å². The zero-order valence-corrected chi connectivity index (χ0v) is 10.2. The fraction of sp³-hybridized carbons (Fsp3) is 0.636. The SMILES string of the molecule is Cn1ncc(C(=O)O)c1CN1CCOC(CO)C1. The van der Waals surface area contributed by atoms with Crippen molar-refractivity contribution in [1.82, 2.24) is 14.7 Å². The van der Waals surface area contributed by atoms with Crippen LogP contribution in [0, 0.1) is 0 Å². The van der Waals surface area contributed by atoms with Gasteiger partial charge in [-0.15, -0.1) is 0 Å². The van der Waals surface area contributed by atoms with E-state index in [1.807, 2.05) is 0 Å². The van der Waals surface area contributed by atoms with Gasteiger partial charge in [0.25, 0.3) is 0 Å². The Morgan fingerprint density at radius 1 is 1.67 bits per heavy atom. The number of aromatic carboxylic acids is 1. The molecular weight excluding hydrogens is 238 g/mol. The van der Waals surface area contributed by atoms with Crippen LogP contribution < -0.4 is 0 Å². The molecule has 1 aromatic rings. The number of rotatable bonds is 4. The molecule has 18 heavy (non-hydrogen) atoms. The Bertz CT molecular complexity index is 432. The highest BCUT2D eigenvalue weighted by Gasteiger charge is 2.23. The number of aliphatic hydroxyl groups is 1. The molecule has 1 atom stereocenters. The number of morpholine rings is 1. The smallest absolute Gasteiger partial charge is 0.339 e. The molecule has 0 radical (unpaired) electrons. The Morgan fingerprint density at radius 3 is 3.11 bits per heavy atom. The van der Waals surface area contributed by atoms with Crippen LogP contribution >= 0.6 is 0 Å². The van der Waals surface area contributed by atoms with Crippen molar-refractivity contribution in [1.29, 1.82) is 0 Å². The Balaban J connectivity index is 2.09. The minimum atomic E-state index is -0.968. The number of ether oxygens (including phenoxy) is 1. The zero-order chi connectivity index (χ0) is 13.1. The summed E-state index contributed by atoms with van der Waals surface area (Å²) in [7, 11) is 1.73. The van der Waals surface area contributed by atoms with Crippen molar-refractivity contribution in [2.24, 2.45) is 7.05 Å². The number of hydrogen-bond donors (Lipinski definition) is 2. The molecule has 1 aliphatic heterocycles. The molecule has 1 unspecified atom stereocenters. The molecule has 7 nitrogen and oxygen atoms in total. The normalized spacial score (nSPS) is 21.1. The molecule has 100 valence electrons. The van der Waals surface area contributed by atoms with Crippen molar-refractivity contribution in [3.63, 3.8) is 0 Å². The molecule has 0 spiro atoms. The average molecular weight is 255 g/mol. The van der Waals surface area contributed by atoms with Crippen LogP contribution in [0.15, 0.2) is 6.20 Å². The lowest BCUT2D eigenvalue weighted by Gasteiger charge is -2.31.